The Bertz CT molecular complexity index is 4290. The zero-order chi connectivity index (χ0) is 49.4. The van der Waals surface area contributed by atoms with Crippen LogP contribution in [0.3, 0.4) is 0 Å². The Morgan fingerprint density at radius 1 is 0.227 bits per heavy atom. The van der Waals surface area contributed by atoms with Crippen molar-refractivity contribution in [1.29, 1.82) is 0 Å². The van der Waals surface area contributed by atoms with Crippen LogP contribution in [0.1, 0.15) is 0 Å². The van der Waals surface area contributed by atoms with E-state index < -0.39 is 0 Å². The van der Waals surface area contributed by atoms with Gasteiger partial charge in [-0.15, -0.1) is 0 Å². The van der Waals surface area contributed by atoms with Crippen LogP contribution in [-0.4, -0.2) is 23.7 Å². The first kappa shape index (κ1) is 42.6. The summed E-state index contributed by atoms with van der Waals surface area (Å²) in [5, 5.41) is 7.24. The second kappa shape index (κ2) is 17.3. The summed E-state index contributed by atoms with van der Waals surface area (Å²) in [5.41, 5.74) is 19.1. The molecule has 4 heterocycles. The molecule has 15 rings (SSSR count). The predicted octanol–water partition coefficient (Wildman–Crippen LogP) is 18.1. The normalized spacial score (nSPS) is 11.7. The second-order valence-corrected chi connectivity index (χ2v) is 19.3. The van der Waals surface area contributed by atoms with Crippen molar-refractivity contribution in [1.82, 2.24) is 23.7 Å². The van der Waals surface area contributed by atoms with E-state index in [4.69, 9.17) is 9.97 Å². The summed E-state index contributed by atoms with van der Waals surface area (Å²) in [6.45, 7) is 0. The van der Waals surface area contributed by atoms with Crippen LogP contribution in [0, 0.1) is 0 Å². The third kappa shape index (κ3) is 6.93. The number of hydrogen-bond donors (Lipinski definition) is 0. The molecule has 0 fully saturated rings. The van der Waals surface area contributed by atoms with Crippen molar-refractivity contribution < 1.29 is 0 Å². The Kier molecular flexibility index (Phi) is 9.82. The maximum Gasteiger partial charge on any atom is 0.160 e. The van der Waals surface area contributed by atoms with Gasteiger partial charge < -0.3 is 13.7 Å². The molecular formula is C70H45N5. The van der Waals surface area contributed by atoms with Crippen molar-refractivity contribution in [3.8, 4) is 73.2 Å². The maximum absolute atomic E-state index is 5.42. The average Bonchev–Trinajstić information content (AvgIpc) is 4.13. The van der Waals surface area contributed by atoms with Crippen molar-refractivity contribution >= 4 is 65.4 Å². The van der Waals surface area contributed by atoms with E-state index >= 15 is 0 Å². The Morgan fingerprint density at radius 3 is 0.920 bits per heavy atom. The van der Waals surface area contributed by atoms with Crippen LogP contribution in [0.15, 0.2) is 273 Å². The lowest BCUT2D eigenvalue weighted by atomic mass is 9.92. The third-order valence-corrected chi connectivity index (χ3v) is 15.0. The summed E-state index contributed by atoms with van der Waals surface area (Å²) in [7, 11) is 0. The Hall–Kier alpha value is -10.1. The van der Waals surface area contributed by atoms with Crippen molar-refractivity contribution in [2.45, 2.75) is 0 Å². The van der Waals surface area contributed by atoms with E-state index in [0.717, 1.165) is 89.2 Å². The van der Waals surface area contributed by atoms with Crippen molar-refractivity contribution in [2.24, 2.45) is 0 Å². The SMILES string of the molecule is c1ccc(-c2cc(-c3ccccc3)nc(-c3cc(-c4ccccc4)c(-n4c5cc(-n6c7ccccc7c7ccccc76)ccc5c5ccc(-n6c7ccccc7c7ccccc76)cc54)c(-c4ccccc4)c3)n2)cc1. The number of nitrogens with zero attached hydrogens (tertiary/aromatic N) is 5. The molecule has 0 amide bonds. The van der Waals surface area contributed by atoms with Gasteiger partial charge in [0.15, 0.2) is 5.82 Å². The highest BCUT2D eigenvalue weighted by molar-refractivity contribution is 6.14. The molecule has 0 spiro atoms. The minimum Gasteiger partial charge on any atom is -0.309 e. The Balaban J connectivity index is 1.08. The molecule has 4 aromatic heterocycles. The molecule has 0 N–H and O–H groups in total. The lowest BCUT2D eigenvalue weighted by Crippen LogP contribution is -2.04. The first-order valence-electron chi connectivity index (χ1n) is 25.6. The fraction of sp³-hybridized carbons (Fsp3) is 0. The van der Waals surface area contributed by atoms with Crippen LogP contribution in [-0.2, 0) is 0 Å². The minimum absolute atomic E-state index is 0.653. The smallest absolute Gasteiger partial charge is 0.160 e. The first-order valence-corrected chi connectivity index (χ1v) is 25.6. The topological polar surface area (TPSA) is 40.6 Å². The molecule has 0 bridgehead atoms. The molecule has 0 radical (unpaired) electrons. The summed E-state index contributed by atoms with van der Waals surface area (Å²) >= 11 is 0. The van der Waals surface area contributed by atoms with Gasteiger partial charge in [0.25, 0.3) is 0 Å². The zero-order valence-corrected chi connectivity index (χ0v) is 40.7. The lowest BCUT2D eigenvalue weighted by molar-refractivity contribution is 1.14. The van der Waals surface area contributed by atoms with Crippen LogP contribution in [0.2, 0.25) is 0 Å². The van der Waals surface area contributed by atoms with Crippen LogP contribution in [0.4, 0.5) is 0 Å². The molecule has 5 heteroatoms. The number of para-hydroxylation sites is 4. The highest BCUT2D eigenvalue weighted by Gasteiger charge is 2.25. The van der Waals surface area contributed by atoms with Gasteiger partial charge in [-0.3, -0.25) is 0 Å². The number of fused-ring (bicyclic) bond motifs is 9. The molecule has 0 saturated heterocycles. The molecule has 11 aromatic carbocycles. The van der Waals surface area contributed by atoms with Gasteiger partial charge in [-0.25, -0.2) is 9.97 Å². The molecule has 0 aliphatic carbocycles. The lowest BCUT2D eigenvalue weighted by Gasteiger charge is -2.22. The van der Waals surface area contributed by atoms with Gasteiger partial charge in [0, 0.05) is 71.5 Å². The Labute approximate surface area is 433 Å². The minimum atomic E-state index is 0.653. The quantitative estimate of drug-likeness (QED) is 0.152. The van der Waals surface area contributed by atoms with E-state index in [-0.39, 0.29) is 0 Å². The molecular weight excluding hydrogens is 911 g/mol. The fourth-order valence-corrected chi connectivity index (χ4v) is 11.7. The van der Waals surface area contributed by atoms with Crippen molar-refractivity contribution in [3.63, 3.8) is 0 Å². The summed E-state index contributed by atoms with van der Waals surface area (Å²) < 4.78 is 7.40. The van der Waals surface area contributed by atoms with Gasteiger partial charge in [0.2, 0.25) is 0 Å². The molecule has 0 saturated carbocycles. The van der Waals surface area contributed by atoms with Gasteiger partial charge in [-0.05, 0) is 77.9 Å². The fourth-order valence-electron chi connectivity index (χ4n) is 11.7. The molecule has 5 nitrogen and oxygen atoms in total. The highest BCUT2D eigenvalue weighted by Crippen LogP contribution is 2.46. The van der Waals surface area contributed by atoms with E-state index in [0.29, 0.717) is 5.82 Å². The summed E-state index contributed by atoms with van der Waals surface area (Å²) in [5.74, 6) is 0.653. The van der Waals surface area contributed by atoms with E-state index in [1.54, 1.807) is 0 Å². The van der Waals surface area contributed by atoms with Gasteiger partial charge in [-0.2, -0.15) is 0 Å². The highest BCUT2D eigenvalue weighted by atomic mass is 15.0. The second-order valence-electron chi connectivity index (χ2n) is 19.3. The molecule has 0 aliphatic rings. The summed E-state index contributed by atoms with van der Waals surface area (Å²) in [6, 6.07) is 98.4. The number of aromatic nitrogens is 5. The standard InChI is InChI=1S/C70H45N5/c1-5-21-46(22-6-1)59-41-50(70-71-61(48-25-9-3-10-26-48)45-62(72-70)49-27-11-4-12-28-49)42-60(47-23-7-2-8-24-47)69(59)75-67-43-51(73-63-33-17-13-29-53(63)54-30-14-18-34-64(54)73)37-39-57(67)58-40-38-52(44-68(58)75)74-65-35-19-15-31-55(65)56-32-16-20-36-66(56)74/h1-45H. The average molecular weight is 956 g/mol. The monoisotopic (exact) mass is 955 g/mol. The van der Waals surface area contributed by atoms with Gasteiger partial charge in [-0.1, -0.05) is 206 Å². The van der Waals surface area contributed by atoms with Crippen LogP contribution in [0.5, 0.6) is 0 Å². The van der Waals surface area contributed by atoms with Crippen LogP contribution in [0.25, 0.3) is 139 Å². The van der Waals surface area contributed by atoms with E-state index in [1.165, 1.54) is 43.6 Å². The van der Waals surface area contributed by atoms with E-state index in [1.807, 2.05) is 12.1 Å². The number of benzene rings is 11. The first-order chi connectivity index (χ1) is 37.2. The van der Waals surface area contributed by atoms with E-state index in [2.05, 4.69) is 275 Å². The van der Waals surface area contributed by atoms with Crippen LogP contribution < -0.4 is 0 Å². The maximum atomic E-state index is 5.42. The summed E-state index contributed by atoms with van der Waals surface area (Å²) in [4.78, 5) is 10.8. The van der Waals surface area contributed by atoms with Crippen molar-refractivity contribution in [3.05, 3.63) is 273 Å². The largest absolute Gasteiger partial charge is 0.309 e. The molecule has 15 aromatic rings. The molecule has 0 atom stereocenters. The number of rotatable bonds is 8. The van der Waals surface area contributed by atoms with Gasteiger partial charge >= 0.3 is 0 Å². The molecule has 350 valence electrons. The molecule has 75 heavy (non-hydrogen) atoms. The van der Waals surface area contributed by atoms with E-state index in [9.17, 15) is 0 Å². The van der Waals surface area contributed by atoms with Crippen molar-refractivity contribution in [2.75, 3.05) is 0 Å². The molecule has 0 aliphatic heterocycles. The zero-order valence-electron chi connectivity index (χ0n) is 40.7. The summed E-state index contributed by atoms with van der Waals surface area (Å²) in [6.07, 6.45) is 0. The van der Waals surface area contributed by atoms with Gasteiger partial charge in [0.05, 0.1) is 50.2 Å². The van der Waals surface area contributed by atoms with Crippen LogP contribution >= 0.6 is 0 Å². The third-order valence-electron chi connectivity index (χ3n) is 15.0. The number of hydrogen-bond acceptors (Lipinski definition) is 2. The Morgan fingerprint density at radius 2 is 0.547 bits per heavy atom. The molecule has 0 unspecified atom stereocenters. The van der Waals surface area contributed by atoms with Gasteiger partial charge in [0.1, 0.15) is 0 Å². The predicted molar refractivity (Wildman–Crippen MR) is 312 cm³/mol.